The molecule has 1 saturated heterocycles. The number of cyclic esters (lactones) is 1. The standard InChI is InChI=1S/C25H33N3O3/c1-4-14-27(15-5-2)17-20-6-8-21(9-7-20)22-10-12-23(13-11-22)28-18-24(31-25(28)30)16-26-19(3)29/h6-13,24H,4-5,14-18H2,1-3H3,(H,26,29)/t24-/m1/s1. The Morgan fingerprint density at radius 1 is 1.03 bits per heavy atom. The zero-order valence-corrected chi connectivity index (χ0v) is 18.8. The molecule has 1 atom stereocenters. The van der Waals surface area contributed by atoms with Crippen LogP contribution in [0.2, 0.25) is 0 Å². The molecule has 0 bridgehead atoms. The molecule has 31 heavy (non-hydrogen) atoms. The van der Waals surface area contributed by atoms with Gasteiger partial charge in [0.25, 0.3) is 0 Å². The Kier molecular flexibility index (Phi) is 8.06. The first-order valence-electron chi connectivity index (χ1n) is 11.1. The number of hydrogen-bond acceptors (Lipinski definition) is 4. The van der Waals surface area contributed by atoms with E-state index in [0.717, 1.165) is 36.4 Å². The molecular formula is C25H33N3O3. The van der Waals surface area contributed by atoms with Crippen LogP contribution in [0.25, 0.3) is 11.1 Å². The minimum Gasteiger partial charge on any atom is -0.442 e. The normalized spacial score (nSPS) is 15.9. The summed E-state index contributed by atoms with van der Waals surface area (Å²) < 4.78 is 5.34. The van der Waals surface area contributed by atoms with Crippen molar-refractivity contribution in [1.29, 1.82) is 0 Å². The van der Waals surface area contributed by atoms with E-state index in [0.29, 0.717) is 13.1 Å². The van der Waals surface area contributed by atoms with E-state index in [1.165, 1.54) is 25.3 Å². The summed E-state index contributed by atoms with van der Waals surface area (Å²) in [6.07, 6.45) is 1.63. The van der Waals surface area contributed by atoms with E-state index in [9.17, 15) is 9.59 Å². The first-order chi connectivity index (χ1) is 15.0. The highest BCUT2D eigenvalue weighted by Crippen LogP contribution is 2.26. The molecule has 2 aromatic rings. The molecule has 1 heterocycles. The highest BCUT2D eigenvalue weighted by molar-refractivity contribution is 5.90. The SMILES string of the molecule is CCCN(CCC)Cc1ccc(-c2ccc(N3C[C@@H](CNC(C)=O)OC3=O)cc2)cc1. The van der Waals surface area contributed by atoms with Crippen LogP contribution in [0.15, 0.2) is 48.5 Å². The van der Waals surface area contributed by atoms with Crippen LogP contribution in [0, 0.1) is 0 Å². The minimum atomic E-state index is -0.379. The molecule has 6 nitrogen and oxygen atoms in total. The fourth-order valence-electron chi connectivity index (χ4n) is 3.89. The maximum atomic E-state index is 12.2. The molecule has 1 fully saturated rings. The van der Waals surface area contributed by atoms with Gasteiger partial charge >= 0.3 is 6.09 Å². The molecular weight excluding hydrogens is 390 g/mol. The Balaban J connectivity index is 1.62. The topological polar surface area (TPSA) is 61.9 Å². The van der Waals surface area contributed by atoms with Gasteiger partial charge in [0.1, 0.15) is 6.10 Å². The Hall–Kier alpha value is -2.86. The first-order valence-corrected chi connectivity index (χ1v) is 11.1. The minimum absolute atomic E-state index is 0.131. The molecule has 166 valence electrons. The lowest BCUT2D eigenvalue weighted by Gasteiger charge is -2.21. The van der Waals surface area contributed by atoms with Crippen molar-refractivity contribution in [3.8, 4) is 11.1 Å². The van der Waals surface area contributed by atoms with Gasteiger partial charge in [0.05, 0.1) is 13.1 Å². The van der Waals surface area contributed by atoms with Crippen molar-refractivity contribution in [3.63, 3.8) is 0 Å². The highest BCUT2D eigenvalue weighted by Gasteiger charge is 2.32. The van der Waals surface area contributed by atoms with E-state index in [1.807, 2.05) is 24.3 Å². The molecule has 0 spiro atoms. The molecule has 0 radical (unpaired) electrons. The fourth-order valence-corrected chi connectivity index (χ4v) is 3.89. The van der Waals surface area contributed by atoms with E-state index in [2.05, 4.69) is 48.3 Å². The maximum Gasteiger partial charge on any atom is 0.414 e. The average molecular weight is 424 g/mol. The monoisotopic (exact) mass is 423 g/mol. The number of carbonyl (C=O) groups excluding carboxylic acids is 2. The van der Waals surface area contributed by atoms with Crippen LogP contribution in [0.3, 0.4) is 0 Å². The van der Waals surface area contributed by atoms with Crippen LogP contribution in [-0.4, -0.2) is 49.2 Å². The van der Waals surface area contributed by atoms with Gasteiger partial charge in [0.15, 0.2) is 0 Å². The van der Waals surface area contributed by atoms with E-state index in [1.54, 1.807) is 4.90 Å². The molecule has 1 aliphatic rings. The summed E-state index contributed by atoms with van der Waals surface area (Å²) in [7, 11) is 0. The molecule has 0 aliphatic carbocycles. The average Bonchev–Trinajstić information content (AvgIpc) is 3.14. The Bertz CT molecular complexity index is 859. The zero-order valence-electron chi connectivity index (χ0n) is 18.8. The van der Waals surface area contributed by atoms with Crippen LogP contribution < -0.4 is 10.2 Å². The van der Waals surface area contributed by atoms with Crippen molar-refractivity contribution in [2.24, 2.45) is 0 Å². The molecule has 6 heteroatoms. The summed E-state index contributed by atoms with van der Waals surface area (Å²) in [5.41, 5.74) is 4.38. The predicted octanol–water partition coefficient (Wildman–Crippen LogP) is 4.44. The summed E-state index contributed by atoms with van der Waals surface area (Å²) in [5, 5.41) is 2.69. The molecule has 3 rings (SSSR count). The number of hydrogen-bond donors (Lipinski definition) is 1. The molecule has 0 saturated carbocycles. The van der Waals surface area contributed by atoms with Crippen LogP contribution in [0.5, 0.6) is 0 Å². The van der Waals surface area contributed by atoms with E-state index in [4.69, 9.17) is 4.74 Å². The fraction of sp³-hybridized carbons (Fsp3) is 0.440. The lowest BCUT2D eigenvalue weighted by Crippen LogP contribution is -2.33. The maximum absolute atomic E-state index is 12.2. The quantitative estimate of drug-likeness (QED) is 0.614. The summed E-state index contributed by atoms with van der Waals surface area (Å²) in [4.78, 5) is 27.4. The van der Waals surface area contributed by atoms with Gasteiger partial charge in [-0.15, -0.1) is 0 Å². The van der Waals surface area contributed by atoms with Crippen molar-refractivity contribution in [3.05, 3.63) is 54.1 Å². The van der Waals surface area contributed by atoms with Crippen LogP contribution in [-0.2, 0) is 16.1 Å². The molecule has 0 unspecified atom stereocenters. The smallest absolute Gasteiger partial charge is 0.414 e. The van der Waals surface area contributed by atoms with E-state index >= 15 is 0 Å². The van der Waals surface area contributed by atoms with Crippen molar-refractivity contribution >= 4 is 17.7 Å². The van der Waals surface area contributed by atoms with E-state index in [-0.39, 0.29) is 18.1 Å². The number of nitrogens with one attached hydrogen (secondary N) is 1. The Labute approximate surface area is 185 Å². The van der Waals surface area contributed by atoms with Crippen molar-refractivity contribution in [1.82, 2.24) is 10.2 Å². The van der Waals surface area contributed by atoms with Crippen LogP contribution in [0.4, 0.5) is 10.5 Å². The lowest BCUT2D eigenvalue weighted by molar-refractivity contribution is -0.119. The number of amides is 2. The summed E-state index contributed by atoms with van der Waals surface area (Å²) >= 11 is 0. The van der Waals surface area contributed by atoms with Gasteiger partial charge in [-0.25, -0.2) is 4.79 Å². The summed E-state index contributed by atoms with van der Waals surface area (Å²) in [6.45, 7) is 9.89. The number of carbonyl (C=O) groups is 2. The summed E-state index contributed by atoms with van der Waals surface area (Å²) in [5.74, 6) is -0.131. The second-order valence-corrected chi connectivity index (χ2v) is 8.07. The molecule has 0 aromatic heterocycles. The third-order valence-electron chi connectivity index (χ3n) is 5.40. The van der Waals surface area contributed by atoms with Crippen molar-refractivity contribution in [2.75, 3.05) is 31.1 Å². The Morgan fingerprint density at radius 2 is 1.61 bits per heavy atom. The second-order valence-electron chi connectivity index (χ2n) is 8.07. The van der Waals surface area contributed by atoms with Gasteiger partial charge in [-0.05, 0) is 54.8 Å². The number of nitrogens with zero attached hydrogens (tertiary/aromatic N) is 2. The van der Waals surface area contributed by atoms with Crippen molar-refractivity contribution in [2.45, 2.75) is 46.3 Å². The third-order valence-corrected chi connectivity index (χ3v) is 5.40. The van der Waals surface area contributed by atoms with Gasteiger partial charge in [0.2, 0.25) is 5.91 Å². The zero-order chi connectivity index (χ0) is 22.2. The summed E-state index contributed by atoms with van der Waals surface area (Å²) in [6, 6.07) is 16.7. The van der Waals surface area contributed by atoms with Gasteiger partial charge in [0, 0.05) is 19.2 Å². The number of ether oxygens (including phenoxy) is 1. The number of benzene rings is 2. The Morgan fingerprint density at radius 3 is 2.16 bits per heavy atom. The lowest BCUT2D eigenvalue weighted by atomic mass is 10.0. The van der Waals surface area contributed by atoms with Gasteiger partial charge in [-0.3, -0.25) is 14.6 Å². The molecule has 1 aliphatic heterocycles. The third kappa shape index (κ3) is 6.31. The number of anilines is 1. The molecule has 2 amide bonds. The van der Waals surface area contributed by atoms with Crippen LogP contribution >= 0.6 is 0 Å². The van der Waals surface area contributed by atoms with Gasteiger partial charge < -0.3 is 10.1 Å². The van der Waals surface area contributed by atoms with Crippen LogP contribution in [0.1, 0.15) is 39.2 Å². The molecule has 1 N–H and O–H groups in total. The van der Waals surface area contributed by atoms with Gasteiger partial charge in [-0.2, -0.15) is 0 Å². The van der Waals surface area contributed by atoms with Crippen molar-refractivity contribution < 1.29 is 14.3 Å². The largest absolute Gasteiger partial charge is 0.442 e. The predicted molar refractivity (Wildman–Crippen MR) is 124 cm³/mol. The first kappa shape index (κ1) is 22.8. The van der Waals surface area contributed by atoms with Gasteiger partial charge in [-0.1, -0.05) is 50.2 Å². The second kappa shape index (κ2) is 11.0. The number of rotatable bonds is 10. The van der Waals surface area contributed by atoms with E-state index < -0.39 is 0 Å². The highest BCUT2D eigenvalue weighted by atomic mass is 16.6. The molecule has 2 aromatic carbocycles.